The van der Waals surface area contributed by atoms with Crippen molar-refractivity contribution in [1.82, 2.24) is 15.5 Å². The molecule has 1 saturated heterocycles. The Morgan fingerprint density at radius 2 is 1.69 bits per heavy atom. The smallest absolute Gasteiger partial charge is 0.317 e. The third-order valence-electron chi connectivity index (χ3n) is 6.67. The molecule has 9 heteroatoms. The van der Waals surface area contributed by atoms with Crippen molar-refractivity contribution < 1.29 is 18.8 Å². The van der Waals surface area contributed by atoms with Gasteiger partial charge in [0, 0.05) is 56.1 Å². The van der Waals surface area contributed by atoms with E-state index >= 15 is 0 Å². The van der Waals surface area contributed by atoms with Crippen LogP contribution < -0.4 is 20.9 Å². The topological polar surface area (TPSA) is 93.8 Å². The number of hydrogen-bond donors (Lipinski definition) is 3. The number of amides is 4. The lowest BCUT2D eigenvalue weighted by Crippen LogP contribution is -2.53. The van der Waals surface area contributed by atoms with E-state index in [4.69, 9.17) is 0 Å². The summed E-state index contributed by atoms with van der Waals surface area (Å²) in [6, 6.07) is 11.3. The second-order valence-electron chi connectivity index (χ2n) is 9.74. The summed E-state index contributed by atoms with van der Waals surface area (Å²) in [7, 11) is 0. The third kappa shape index (κ3) is 6.33. The molecule has 0 unspecified atom stereocenters. The fourth-order valence-corrected chi connectivity index (χ4v) is 4.35. The van der Waals surface area contributed by atoms with Crippen LogP contribution in [-0.2, 0) is 11.3 Å². The summed E-state index contributed by atoms with van der Waals surface area (Å²) in [4.78, 5) is 42.0. The first-order valence-corrected chi connectivity index (χ1v) is 12.6. The fourth-order valence-electron chi connectivity index (χ4n) is 4.35. The fraction of sp³-hybridized carbons (Fsp3) is 0.444. The Kier molecular flexibility index (Phi) is 8.07. The molecule has 3 N–H and O–H groups in total. The number of piperazine rings is 1. The zero-order chi connectivity index (χ0) is 25.7. The summed E-state index contributed by atoms with van der Waals surface area (Å²) < 4.78 is 13.2. The molecule has 2 aliphatic rings. The quantitative estimate of drug-likeness (QED) is 0.546. The minimum atomic E-state index is -0.330. The van der Waals surface area contributed by atoms with Crippen molar-refractivity contribution in [2.45, 2.75) is 45.7 Å². The Balaban J connectivity index is 1.49. The molecule has 2 fully saturated rings. The Morgan fingerprint density at radius 1 is 1.00 bits per heavy atom. The summed E-state index contributed by atoms with van der Waals surface area (Å²) in [6.07, 6.45) is 2.85. The van der Waals surface area contributed by atoms with Crippen LogP contribution in [0.15, 0.2) is 42.5 Å². The second-order valence-corrected chi connectivity index (χ2v) is 9.74. The highest BCUT2D eigenvalue weighted by molar-refractivity contribution is 6.02. The average Bonchev–Trinajstić information content (AvgIpc) is 2.82. The molecule has 2 aromatic rings. The predicted molar refractivity (Wildman–Crippen MR) is 137 cm³/mol. The van der Waals surface area contributed by atoms with Crippen molar-refractivity contribution in [3.05, 3.63) is 59.4 Å². The number of anilines is 2. The summed E-state index contributed by atoms with van der Waals surface area (Å²) in [5.74, 6) is -0.598. The molecular formula is C27H34FN5O3. The molecule has 2 aromatic carbocycles. The predicted octanol–water partition coefficient (Wildman–Crippen LogP) is 3.73. The van der Waals surface area contributed by atoms with Gasteiger partial charge < -0.3 is 25.8 Å². The van der Waals surface area contributed by atoms with Crippen molar-refractivity contribution in [2.75, 3.05) is 36.4 Å². The molecule has 4 amide bonds. The van der Waals surface area contributed by atoms with Crippen LogP contribution in [0.5, 0.6) is 0 Å². The largest absolute Gasteiger partial charge is 0.367 e. The lowest BCUT2D eigenvalue weighted by Gasteiger charge is -2.37. The maximum Gasteiger partial charge on any atom is 0.317 e. The first-order valence-electron chi connectivity index (χ1n) is 12.6. The molecule has 0 bridgehead atoms. The van der Waals surface area contributed by atoms with Crippen LogP contribution in [0.4, 0.5) is 20.6 Å². The second kappa shape index (κ2) is 11.4. The van der Waals surface area contributed by atoms with Crippen LogP contribution in [-0.4, -0.2) is 55.0 Å². The van der Waals surface area contributed by atoms with Gasteiger partial charge in [0.15, 0.2) is 0 Å². The lowest BCUT2D eigenvalue weighted by atomic mass is 9.85. The summed E-state index contributed by atoms with van der Waals surface area (Å²) in [5, 5.41) is 8.78. The number of hydrogen-bond acceptors (Lipinski definition) is 4. The van der Waals surface area contributed by atoms with E-state index < -0.39 is 0 Å². The van der Waals surface area contributed by atoms with Crippen molar-refractivity contribution >= 4 is 29.2 Å². The monoisotopic (exact) mass is 495 g/mol. The van der Waals surface area contributed by atoms with Crippen LogP contribution in [0, 0.1) is 11.7 Å². The maximum absolute atomic E-state index is 13.3. The van der Waals surface area contributed by atoms with Gasteiger partial charge in [-0.05, 0) is 62.6 Å². The molecule has 0 spiro atoms. The van der Waals surface area contributed by atoms with Gasteiger partial charge >= 0.3 is 6.03 Å². The normalized spacial score (nSPS) is 15.9. The molecule has 8 nitrogen and oxygen atoms in total. The third-order valence-corrected chi connectivity index (χ3v) is 6.67. The van der Waals surface area contributed by atoms with Crippen molar-refractivity contribution in [3.8, 4) is 0 Å². The van der Waals surface area contributed by atoms with Gasteiger partial charge in [-0.1, -0.05) is 18.6 Å². The van der Waals surface area contributed by atoms with Gasteiger partial charge in [0.1, 0.15) is 5.82 Å². The van der Waals surface area contributed by atoms with E-state index in [1.165, 1.54) is 12.1 Å². The number of urea groups is 1. The van der Waals surface area contributed by atoms with Gasteiger partial charge in [-0.15, -0.1) is 0 Å². The number of halogens is 1. The van der Waals surface area contributed by atoms with E-state index in [-0.39, 0.29) is 42.2 Å². The van der Waals surface area contributed by atoms with Gasteiger partial charge in [-0.3, -0.25) is 9.59 Å². The molecule has 1 heterocycles. The number of benzene rings is 2. The number of rotatable bonds is 7. The van der Waals surface area contributed by atoms with E-state index in [0.717, 1.165) is 30.5 Å². The molecule has 0 aromatic heterocycles. The van der Waals surface area contributed by atoms with Gasteiger partial charge in [0.25, 0.3) is 5.91 Å². The van der Waals surface area contributed by atoms with Gasteiger partial charge in [-0.25, -0.2) is 9.18 Å². The summed E-state index contributed by atoms with van der Waals surface area (Å²) in [5.41, 5.74) is 2.56. The Morgan fingerprint density at radius 3 is 2.31 bits per heavy atom. The van der Waals surface area contributed by atoms with Gasteiger partial charge in [0.2, 0.25) is 5.91 Å². The van der Waals surface area contributed by atoms with E-state index in [2.05, 4.69) is 20.9 Å². The molecule has 1 aliphatic heterocycles. The number of carbonyl (C=O) groups excluding carboxylic acids is 3. The lowest BCUT2D eigenvalue weighted by molar-refractivity contribution is -0.122. The minimum Gasteiger partial charge on any atom is -0.367 e. The molecule has 1 saturated carbocycles. The Labute approximate surface area is 211 Å². The Bertz CT molecular complexity index is 1090. The minimum absolute atomic E-state index is 0.0172. The van der Waals surface area contributed by atoms with Crippen LogP contribution in [0.2, 0.25) is 0 Å². The van der Waals surface area contributed by atoms with Crippen molar-refractivity contribution in [3.63, 3.8) is 0 Å². The molecular weight excluding hydrogens is 461 g/mol. The molecule has 4 rings (SSSR count). The summed E-state index contributed by atoms with van der Waals surface area (Å²) in [6.45, 7) is 6.34. The molecule has 0 radical (unpaired) electrons. The number of carbonyl (C=O) groups is 3. The molecule has 36 heavy (non-hydrogen) atoms. The summed E-state index contributed by atoms with van der Waals surface area (Å²) >= 11 is 0. The first kappa shape index (κ1) is 25.5. The van der Waals surface area contributed by atoms with E-state index in [0.29, 0.717) is 37.4 Å². The highest BCUT2D eigenvalue weighted by Gasteiger charge is 2.27. The van der Waals surface area contributed by atoms with E-state index in [1.807, 2.05) is 26.0 Å². The highest BCUT2D eigenvalue weighted by atomic mass is 19.1. The maximum atomic E-state index is 13.3. The van der Waals surface area contributed by atoms with Gasteiger partial charge in [0.05, 0.1) is 5.56 Å². The highest BCUT2D eigenvalue weighted by Crippen LogP contribution is 2.30. The standard InChI is InChI=1S/C27H34FN5O3/c1-18(2)30-27(36)33-14-12-32(13-15-33)24-11-10-22(31-25(34)20-4-3-5-20)16-23(24)26(35)29-17-19-6-8-21(28)9-7-19/h6-11,16,18,20H,3-5,12-15,17H2,1-2H3,(H,29,35)(H,30,36)(H,31,34). The first-order chi connectivity index (χ1) is 17.3. The zero-order valence-corrected chi connectivity index (χ0v) is 20.9. The molecule has 0 atom stereocenters. The van der Waals surface area contributed by atoms with E-state index in [1.54, 1.807) is 23.1 Å². The van der Waals surface area contributed by atoms with E-state index in [9.17, 15) is 18.8 Å². The molecule has 1 aliphatic carbocycles. The Hall–Kier alpha value is -3.62. The number of nitrogens with one attached hydrogen (secondary N) is 3. The zero-order valence-electron chi connectivity index (χ0n) is 20.9. The average molecular weight is 496 g/mol. The van der Waals surface area contributed by atoms with Crippen LogP contribution in [0.25, 0.3) is 0 Å². The SMILES string of the molecule is CC(C)NC(=O)N1CCN(c2ccc(NC(=O)C3CCC3)cc2C(=O)NCc2ccc(F)cc2)CC1. The van der Waals surface area contributed by atoms with Gasteiger partial charge in [-0.2, -0.15) is 0 Å². The van der Waals surface area contributed by atoms with Crippen molar-refractivity contribution in [1.29, 1.82) is 0 Å². The van der Waals surface area contributed by atoms with Crippen LogP contribution in [0.1, 0.15) is 49.0 Å². The van der Waals surface area contributed by atoms with Crippen molar-refractivity contribution in [2.24, 2.45) is 5.92 Å². The molecule has 192 valence electrons. The van der Waals surface area contributed by atoms with Crippen LogP contribution in [0.3, 0.4) is 0 Å². The van der Waals surface area contributed by atoms with Crippen LogP contribution >= 0.6 is 0 Å². The number of nitrogens with zero attached hydrogens (tertiary/aromatic N) is 2.